The van der Waals surface area contributed by atoms with E-state index in [0.29, 0.717) is 27.0 Å². The molecule has 0 aromatic heterocycles. The lowest BCUT2D eigenvalue weighted by Crippen LogP contribution is -2.18. The minimum atomic E-state index is -1.32. The van der Waals surface area contributed by atoms with Crippen molar-refractivity contribution < 1.29 is 9.59 Å². The first-order valence-corrected chi connectivity index (χ1v) is 12.4. The third kappa shape index (κ3) is 5.65. The van der Waals surface area contributed by atoms with Crippen molar-refractivity contribution in [2.75, 3.05) is 29.6 Å². The lowest BCUT2D eigenvalue weighted by atomic mass is 10.1. The van der Waals surface area contributed by atoms with Gasteiger partial charge in [0.2, 0.25) is 5.91 Å². The summed E-state index contributed by atoms with van der Waals surface area (Å²) in [6.45, 7) is 0. The molecule has 2 N–H and O–H groups in total. The van der Waals surface area contributed by atoms with Gasteiger partial charge in [0.15, 0.2) is 0 Å². The number of rotatable bonds is 6. The van der Waals surface area contributed by atoms with Gasteiger partial charge in [0.05, 0.1) is 16.5 Å². The molecule has 2 atom stereocenters. The van der Waals surface area contributed by atoms with Crippen molar-refractivity contribution in [3.05, 3.63) is 86.9 Å². The van der Waals surface area contributed by atoms with Gasteiger partial charge in [-0.1, -0.05) is 34.8 Å². The molecule has 182 valence electrons. The molecule has 1 fully saturated rings. The fourth-order valence-electron chi connectivity index (χ4n) is 3.86. The van der Waals surface area contributed by atoms with Crippen LogP contribution in [0.15, 0.2) is 60.7 Å². The van der Waals surface area contributed by atoms with Gasteiger partial charge in [0, 0.05) is 47.1 Å². The van der Waals surface area contributed by atoms with E-state index in [1.54, 1.807) is 36.4 Å². The van der Waals surface area contributed by atoms with Crippen LogP contribution in [0.2, 0.25) is 15.1 Å². The summed E-state index contributed by atoms with van der Waals surface area (Å²) in [6.07, 6.45) is 0. The van der Waals surface area contributed by atoms with E-state index in [1.165, 1.54) is 12.1 Å². The van der Waals surface area contributed by atoms with Crippen LogP contribution in [-0.4, -0.2) is 30.2 Å². The largest absolute Gasteiger partial charge is 0.378 e. The summed E-state index contributed by atoms with van der Waals surface area (Å²) in [5.74, 6) is -2.03. The van der Waals surface area contributed by atoms with Crippen molar-refractivity contribution in [3.8, 4) is 0 Å². The Morgan fingerprint density at radius 2 is 1.43 bits per heavy atom. The first-order chi connectivity index (χ1) is 16.5. The Morgan fingerprint density at radius 1 is 0.829 bits per heavy atom. The molecule has 10 heteroatoms. The van der Waals surface area contributed by atoms with Gasteiger partial charge in [-0.2, -0.15) is 0 Å². The lowest BCUT2D eigenvalue weighted by Gasteiger charge is -2.13. The number of nitrogens with one attached hydrogen (secondary N) is 2. The summed E-state index contributed by atoms with van der Waals surface area (Å²) in [4.78, 5) is 27.8. The predicted octanol–water partition coefficient (Wildman–Crippen LogP) is 7.49. The van der Waals surface area contributed by atoms with E-state index < -0.39 is 28.0 Å². The van der Waals surface area contributed by atoms with Gasteiger partial charge in [0.25, 0.3) is 5.91 Å². The van der Waals surface area contributed by atoms with Gasteiger partial charge in [-0.15, -0.1) is 23.2 Å². The number of hydrogen-bond donors (Lipinski definition) is 2. The van der Waals surface area contributed by atoms with E-state index in [9.17, 15) is 9.59 Å². The maximum Gasteiger partial charge on any atom is 0.257 e. The number of carbonyl (C=O) groups is 2. The third-order valence-electron chi connectivity index (χ3n) is 5.70. The highest BCUT2D eigenvalue weighted by atomic mass is 35.5. The van der Waals surface area contributed by atoms with Crippen LogP contribution in [0.4, 0.5) is 17.1 Å². The standard InChI is InChI=1S/C25H20Cl5N3O2/c1-33(2)18-6-3-16(4-7-18)31-23(34)19-12-17(5-8-20(19)28)32-24(35)22-21(25(22,29)30)13-9-14(26)11-15(27)10-13/h3-12,21-22H,1-2H3,(H,31,34)(H,32,35). The lowest BCUT2D eigenvalue weighted by molar-refractivity contribution is -0.117. The minimum Gasteiger partial charge on any atom is -0.378 e. The Hall–Kier alpha value is -2.15. The number of nitrogens with zero attached hydrogens (tertiary/aromatic N) is 1. The van der Waals surface area contributed by atoms with Gasteiger partial charge in [-0.05, 0) is 66.2 Å². The number of halogens is 5. The van der Waals surface area contributed by atoms with Crippen molar-refractivity contribution in [1.29, 1.82) is 0 Å². The topological polar surface area (TPSA) is 61.4 Å². The molecule has 4 rings (SSSR count). The first kappa shape index (κ1) is 25.9. The highest BCUT2D eigenvalue weighted by molar-refractivity contribution is 6.53. The van der Waals surface area contributed by atoms with Crippen LogP contribution in [0.5, 0.6) is 0 Å². The maximum atomic E-state index is 13.0. The van der Waals surface area contributed by atoms with E-state index in [-0.39, 0.29) is 10.6 Å². The van der Waals surface area contributed by atoms with Crippen LogP contribution in [0.25, 0.3) is 0 Å². The van der Waals surface area contributed by atoms with Gasteiger partial charge < -0.3 is 15.5 Å². The summed E-state index contributed by atoms with van der Waals surface area (Å²) < 4.78 is -1.32. The number of benzene rings is 3. The normalized spacial score (nSPS) is 18.0. The molecule has 0 spiro atoms. The summed E-state index contributed by atoms with van der Waals surface area (Å²) in [5.41, 5.74) is 2.87. The van der Waals surface area contributed by atoms with Gasteiger partial charge in [-0.25, -0.2) is 0 Å². The summed E-state index contributed by atoms with van der Waals surface area (Å²) in [7, 11) is 3.86. The molecule has 0 aliphatic heterocycles. The van der Waals surface area contributed by atoms with Gasteiger partial charge >= 0.3 is 0 Å². The molecule has 0 saturated heterocycles. The second-order valence-electron chi connectivity index (χ2n) is 8.41. The Morgan fingerprint density at radius 3 is 2.03 bits per heavy atom. The molecule has 3 aromatic carbocycles. The maximum absolute atomic E-state index is 13.0. The fourth-order valence-corrected chi connectivity index (χ4v) is 5.44. The van der Waals surface area contributed by atoms with Crippen molar-refractivity contribution in [2.24, 2.45) is 5.92 Å². The van der Waals surface area contributed by atoms with Crippen LogP contribution in [-0.2, 0) is 4.79 Å². The summed E-state index contributed by atoms with van der Waals surface area (Å²) >= 11 is 31.3. The van der Waals surface area contributed by atoms with Crippen LogP contribution in [0.3, 0.4) is 0 Å². The van der Waals surface area contributed by atoms with Gasteiger partial charge in [0.1, 0.15) is 4.33 Å². The van der Waals surface area contributed by atoms with Crippen LogP contribution >= 0.6 is 58.0 Å². The van der Waals surface area contributed by atoms with Crippen molar-refractivity contribution in [2.45, 2.75) is 10.3 Å². The number of amides is 2. The second kappa shape index (κ2) is 10.1. The fraction of sp³-hybridized carbons (Fsp3) is 0.200. The molecule has 1 aliphatic carbocycles. The van der Waals surface area contributed by atoms with Crippen molar-refractivity contribution in [3.63, 3.8) is 0 Å². The highest BCUT2D eigenvalue weighted by Crippen LogP contribution is 2.65. The molecular formula is C25H20Cl5N3O2. The number of anilines is 3. The molecule has 5 nitrogen and oxygen atoms in total. The zero-order valence-corrected chi connectivity index (χ0v) is 22.4. The average Bonchev–Trinajstić information content (AvgIpc) is 3.36. The molecule has 35 heavy (non-hydrogen) atoms. The molecule has 2 unspecified atom stereocenters. The Kier molecular flexibility index (Phi) is 7.46. The Labute approximate surface area is 228 Å². The number of carbonyl (C=O) groups excluding carboxylic acids is 2. The van der Waals surface area contributed by atoms with Crippen LogP contribution in [0.1, 0.15) is 21.8 Å². The minimum absolute atomic E-state index is 0.207. The molecule has 0 bridgehead atoms. The quantitative estimate of drug-likeness (QED) is 0.302. The molecule has 2 amide bonds. The Bertz CT molecular complexity index is 1270. The highest BCUT2D eigenvalue weighted by Gasteiger charge is 2.67. The zero-order valence-electron chi connectivity index (χ0n) is 18.6. The smallest absolute Gasteiger partial charge is 0.257 e. The first-order valence-electron chi connectivity index (χ1n) is 10.5. The van der Waals surface area contributed by atoms with Crippen molar-refractivity contribution in [1.82, 2.24) is 0 Å². The monoisotopic (exact) mass is 569 g/mol. The van der Waals surface area contributed by atoms with E-state index in [1.807, 2.05) is 31.1 Å². The van der Waals surface area contributed by atoms with E-state index >= 15 is 0 Å². The van der Waals surface area contributed by atoms with Gasteiger partial charge in [-0.3, -0.25) is 9.59 Å². The predicted molar refractivity (Wildman–Crippen MR) is 146 cm³/mol. The molecule has 1 aliphatic rings. The summed E-state index contributed by atoms with van der Waals surface area (Å²) in [6, 6.07) is 17.0. The number of alkyl halides is 2. The van der Waals surface area contributed by atoms with Crippen LogP contribution in [0, 0.1) is 5.92 Å². The van der Waals surface area contributed by atoms with E-state index in [4.69, 9.17) is 58.0 Å². The molecule has 0 radical (unpaired) electrons. The van der Waals surface area contributed by atoms with Crippen molar-refractivity contribution >= 4 is 86.9 Å². The zero-order chi connectivity index (χ0) is 25.5. The molecular weight excluding hydrogens is 552 g/mol. The summed E-state index contributed by atoms with van der Waals surface area (Å²) in [5, 5.41) is 6.68. The SMILES string of the molecule is CN(C)c1ccc(NC(=O)c2cc(NC(=O)C3C(c4cc(Cl)cc(Cl)c4)C3(Cl)Cl)ccc2Cl)cc1. The molecule has 3 aromatic rings. The van der Waals surface area contributed by atoms with Crippen LogP contribution < -0.4 is 15.5 Å². The Balaban J connectivity index is 1.48. The number of hydrogen-bond acceptors (Lipinski definition) is 3. The van der Waals surface area contributed by atoms with E-state index in [2.05, 4.69) is 10.6 Å². The molecule has 1 saturated carbocycles. The second-order valence-corrected chi connectivity index (χ2v) is 11.1. The average molecular weight is 572 g/mol. The third-order valence-corrected chi connectivity index (χ3v) is 7.41. The van der Waals surface area contributed by atoms with E-state index in [0.717, 1.165) is 5.69 Å². The molecule has 0 heterocycles.